The molecule has 1 saturated heterocycles. The lowest BCUT2D eigenvalue weighted by Gasteiger charge is -2.22. The van der Waals surface area contributed by atoms with Crippen LogP contribution >= 0.6 is 11.6 Å². The first-order chi connectivity index (χ1) is 8.66. The lowest BCUT2D eigenvalue weighted by molar-refractivity contribution is -0.127. The Morgan fingerprint density at radius 3 is 2.89 bits per heavy atom. The quantitative estimate of drug-likeness (QED) is 0.757. The van der Waals surface area contributed by atoms with Crippen LogP contribution in [0.3, 0.4) is 0 Å². The second kappa shape index (κ2) is 5.84. The van der Waals surface area contributed by atoms with E-state index < -0.39 is 6.04 Å². The van der Waals surface area contributed by atoms with E-state index in [-0.39, 0.29) is 18.2 Å². The molecule has 3 N–H and O–H groups in total. The van der Waals surface area contributed by atoms with Crippen LogP contribution in [0.4, 0.5) is 5.69 Å². The molecule has 2 amide bonds. The maximum Gasteiger partial charge on any atom is 0.237 e. The number of carbonyl (C=O) groups excluding carboxylic acids is 2. The molecule has 1 fully saturated rings. The normalized spacial score (nSPS) is 19.2. The van der Waals surface area contributed by atoms with Crippen molar-refractivity contribution in [2.24, 2.45) is 0 Å². The van der Waals surface area contributed by atoms with Gasteiger partial charge in [-0.05, 0) is 12.1 Å². The van der Waals surface area contributed by atoms with E-state index in [9.17, 15) is 9.59 Å². The van der Waals surface area contributed by atoms with Gasteiger partial charge in [0.05, 0.1) is 23.2 Å². The Kier molecular flexibility index (Phi) is 4.17. The van der Waals surface area contributed by atoms with Crippen LogP contribution in [0.5, 0.6) is 0 Å². The van der Waals surface area contributed by atoms with E-state index in [1.165, 1.54) is 0 Å². The molecule has 5 nitrogen and oxygen atoms in total. The van der Waals surface area contributed by atoms with Crippen LogP contribution in [0.1, 0.15) is 6.42 Å². The predicted molar refractivity (Wildman–Crippen MR) is 69.5 cm³/mol. The topological polar surface area (TPSA) is 70.2 Å². The highest BCUT2D eigenvalue weighted by molar-refractivity contribution is 6.33. The molecule has 6 heteroatoms. The fourth-order valence-corrected chi connectivity index (χ4v) is 1.95. The van der Waals surface area contributed by atoms with Crippen molar-refractivity contribution in [2.45, 2.75) is 12.5 Å². The highest BCUT2D eigenvalue weighted by Gasteiger charge is 2.24. The Bertz CT molecular complexity index is 464. The Morgan fingerprint density at radius 1 is 1.39 bits per heavy atom. The molecular weight excluding hydrogens is 254 g/mol. The molecule has 1 atom stereocenters. The molecular formula is C12H14ClN3O2. The summed E-state index contributed by atoms with van der Waals surface area (Å²) in [6.07, 6.45) is 0.0943. The standard InChI is InChI=1S/C12H14ClN3O2/c13-8-3-1-2-4-9(8)16-11(17)7-10-12(18)15-6-5-14-10/h1-4,10,14H,5-7H2,(H,15,18)(H,16,17)/t10-/m0/s1. The van der Waals surface area contributed by atoms with Gasteiger partial charge in [0.1, 0.15) is 0 Å². The number of hydrogen-bond donors (Lipinski definition) is 3. The molecule has 0 bridgehead atoms. The van der Waals surface area contributed by atoms with Crippen molar-refractivity contribution in [3.05, 3.63) is 29.3 Å². The van der Waals surface area contributed by atoms with Gasteiger partial charge in [-0.2, -0.15) is 0 Å². The smallest absolute Gasteiger partial charge is 0.237 e. The first kappa shape index (κ1) is 12.9. The van der Waals surface area contributed by atoms with Crippen LogP contribution < -0.4 is 16.0 Å². The molecule has 2 rings (SSSR count). The Labute approximate surface area is 110 Å². The molecule has 96 valence electrons. The minimum absolute atomic E-state index is 0.0943. The number of para-hydroxylation sites is 1. The molecule has 1 aromatic rings. The van der Waals surface area contributed by atoms with Crippen LogP contribution in [0, 0.1) is 0 Å². The number of benzene rings is 1. The van der Waals surface area contributed by atoms with Gasteiger partial charge < -0.3 is 16.0 Å². The third kappa shape index (κ3) is 3.21. The van der Waals surface area contributed by atoms with Crippen molar-refractivity contribution < 1.29 is 9.59 Å². The number of carbonyl (C=O) groups is 2. The predicted octanol–water partition coefficient (Wildman–Crippen LogP) is 0.757. The van der Waals surface area contributed by atoms with E-state index >= 15 is 0 Å². The summed E-state index contributed by atoms with van der Waals surface area (Å²) >= 11 is 5.93. The Hall–Kier alpha value is -1.59. The van der Waals surface area contributed by atoms with E-state index in [1.807, 2.05) is 0 Å². The zero-order valence-corrected chi connectivity index (χ0v) is 10.5. The highest BCUT2D eigenvalue weighted by atomic mass is 35.5. The van der Waals surface area contributed by atoms with Gasteiger partial charge in [0.25, 0.3) is 0 Å². The van der Waals surface area contributed by atoms with Crippen LogP contribution in [0.2, 0.25) is 5.02 Å². The monoisotopic (exact) mass is 267 g/mol. The van der Waals surface area contributed by atoms with Crippen molar-refractivity contribution in [3.8, 4) is 0 Å². The van der Waals surface area contributed by atoms with Crippen molar-refractivity contribution in [3.63, 3.8) is 0 Å². The van der Waals surface area contributed by atoms with Crippen molar-refractivity contribution >= 4 is 29.1 Å². The van der Waals surface area contributed by atoms with Crippen molar-refractivity contribution in [2.75, 3.05) is 18.4 Å². The lowest BCUT2D eigenvalue weighted by atomic mass is 10.1. The number of nitrogens with one attached hydrogen (secondary N) is 3. The summed E-state index contributed by atoms with van der Waals surface area (Å²) in [6, 6.07) is 6.51. The SMILES string of the molecule is O=C(C[C@@H]1NCCNC1=O)Nc1ccccc1Cl. The van der Waals surface area contributed by atoms with E-state index in [0.29, 0.717) is 23.8 Å². The molecule has 1 heterocycles. The van der Waals surface area contributed by atoms with Crippen LogP contribution in [-0.4, -0.2) is 30.9 Å². The minimum Gasteiger partial charge on any atom is -0.353 e. The Balaban J connectivity index is 1.92. The van der Waals surface area contributed by atoms with E-state index in [4.69, 9.17) is 11.6 Å². The van der Waals surface area contributed by atoms with Gasteiger partial charge in [-0.25, -0.2) is 0 Å². The van der Waals surface area contributed by atoms with Gasteiger partial charge in [-0.3, -0.25) is 9.59 Å². The van der Waals surface area contributed by atoms with Gasteiger partial charge in [0, 0.05) is 13.1 Å². The average Bonchev–Trinajstić information content (AvgIpc) is 2.35. The van der Waals surface area contributed by atoms with Gasteiger partial charge in [-0.15, -0.1) is 0 Å². The molecule has 1 aliphatic rings. The molecule has 0 spiro atoms. The molecule has 18 heavy (non-hydrogen) atoms. The third-order valence-corrected chi connectivity index (χ3v) is 3.00. The van der Waals surface area contributed by atoms with Crippen molar-refractivity contribution in [1.29, 1.82) is 0 Å². The molecule has 1 aromatic carbocycles. The van der Waals surface area contributed by atoms with Crippen molar-refractivity contribution in [1.82, 2.24) is 10.6 Å². The maximum atomic E-state index is 11.8. The largest absolute Gasteiger partial charge is 0.353 e. The fourth-order valence-electron chi connectivity index (χ4n) is 1.76. The number of anilines is 1. The van der Waals surface area contributed by atoms with E-state index in [1.54, 1.807) is 24.3 Å². The third-order valence-electron chi connectivity index (χ3n) is 2.67. The van der Waals surface area contributed by atoms with Crippen LogP contribution in [-0.2, 0) is 9.59 Å². The molecule has 0 unspecified atom stereocenters. The highest BCUT2D eigenvalue weighted by Crippen LogP contribution is 2.20. The first-order valence-electron chi connectivity index (χ1n) is 5.72. The summed E-state index contributed by atoms with van der Waals surface area (Å²) in [5, 5.41) is 8.87. The van der Waals surface area contributed by atoms with Gasteiger partial charge in [-0.1, -0.05) is 23.7 Å². The summed E-state index contributed by atoms with van der Waals surface area (Å²) in [7, 11) is 0. The summed E-state index contributed by atoms with van der Waals surface area (Å²) in [5.74, 6) is -0.381. The zero-order valence-electron chi connectivity index (χ0n) is 9.70. The molecule has 0 radical (unpaired) electrons. The van der Waals surface area contributed by atoms with Crippen LogP contribution in [0.15, 0.2) is 24.3 Å². The first-order valence-corrected chi connectivity index (χ1v) is 6.10. The summed E-state index contributed by atoms with van der Waals surface area (Å²) in [5.41, 5.74) is 0.556. The molecule has 0 aliphatic carbocycles. The zero-order chi connectivity index (χ0) is 13.0. The summed E-state index contributed by atoms with van der Waals surface area (Å²) in [6.45, 7) is 1.28. The van der Waals surface area contributed by atoms with E-state index in [0.717, 1.165) is 0 Å². The summed E-state index contributed by atoms with van der Waals surface area (Å²) < 4.78 is 0. The maximum absolute atomic E-state index is 11.8. The number of hydrogen-bond acceptors (Lipinski definition) is 3. The Morgan fingerprint density at radius 2 is 2.17 bits per heavy atom. The number of piperazine rings is 1. The number of halogens is 1. The average molecular weight is 268 g/mol. The van der Waals surface area contributed by atoms with Crippen LogP contribution in [0.25, 0.3) is 0 Å². The molecule has 0 saturated carbocycles. The van der Waals surface area contributed by atoms with Gasteiger partial charge in [0.2, 0.25) is 11.8 Å². The molecule has 1 aliphatic heterocycles. The van der Waals surface area contributed by atoms with E-state index in [2.05, 4.69) is 16.0 Å². The summed E-state index contributed by atoms with van der Waals surface area (Å²) in [4.78, 5) is 23.3. The fraction of sp³-hybridized carbons (Fsp3) is 0.333. The number of amides is 2. The molecule has 0 aromatic heterocycles. The van der Waals surface area contributed by atoms with Gasteiger partial charge >= 0.3 is 0 Å². The van der Waals surface area contributed by atoms with Gasteiger partial charge in [0.15, 0.2) is 0 Å². The lowest BCUT2D eigenvalue weighted by Crippen LogP contribution is -2.53. The number of rotatable bonds is 3. The second-order valence-electron chi connectivity index (χ2n) is 4.03. The minimum atomic E-state index is -0.471. The second-order valence-corrected chi connectivity index (χ2v) is 4.44.